The maximum Gasteiger partial charge on any atom is 0.326 e. The Morgan fingerprint density at radius 3 is 2.39 bits per heavy atom. The maximum absolute atomic E-state index is 12.2. The van der Waals surface area contributed by atoms with E-state index in [1.807, 2.05) is 6.07 Å². The van der Waals surface area contributed by atoms with Crippen molar-refractivity contribution < 1.29 is 14.7 Å². The molecule has 0 unspecified atom stereocenters. The van der Waals surface area contributed by atoms with Crippen molar-refractivity contribution in [3.8, 4) is 6.07 Å². The van der Waals surface area contributed by atoms with Crippen LogP contribution in [0.5, 0.6) is 0 Å². The summed E-state index contributed by atoms with van der Waals surface area (Å²) in [6.45, 7) is 0. The molecule has 0 fully saturated rings. The molecule has 0 aliphatic carbocycles. The van der Waals surface area contributed by atoms with Gasteiger partial charge < -0.3 is 10.4 Å². The van der Waals surface area contributed by atoms with Gasteiger partial charge in [0.25, 0.3) is 5.91 Å². The zero-order valence-electron chi connectivity index (χ0n) is 12.0. The molecule has 0 aliphatic heterocycles. The summed E-state index contributed by atoms with van der Waals surface area (Å²) in [5.74, 6) is -1.69. The standard InChI is InChI=1S/C17H13ClN2O3/c18-14-4-2-1-3-13(14)16(21)20-15(17(22)23)9-11-5-7-12(10-19)8-6-11/h1-8,15H,9H2,(H,20,21)(H,22,23)/t15-/m1/s1. The molecule has 0 radical (unpaired) electrons. The van der Waals surface area contributed by atoms with Gasteiger partial charge in [0.05, 0.1) is 22.2 Å². The van der Waals surface area contributed by atoms with Crippen molar-refractivity contribution in [3.05, 3.63) is 70.2 Å². The third-order valence-corrected chi connectivity index (χ3v) is 3.57. The second kappa shape index (κ2) is 7.43. The van der Waals surface area contributed by atoms with Crippen LogP contribution in [0, 0.1) is 11.3 Å². The minimum Gasteiger partial charge on any atom is -0.480 e. The van der Waals surface area contributed by atoms with E-state index in [1.165, 1.54) is 6.07 Å². The molecule has 5 nitrogen and oxygen atoms in total. The van der Waals surface area contributed by atoms with Crippen molar-refractivity contribution in [1.82, 2.24) is 5.32 Å². The number of aliphatic carboxylic acids is 1. The summed E-state index contributed by atoms with van der Waals surface area (Å²) in [5.41, 5.74) is 1.41. The fourth-order valence-electron chi connectivity index (χ4n) is 2.03. The molecule has 0 aliphatic rings. The lowest BCUT2D eigenvalue weighted by Crippen LogP contribution is -2.42. The largest absolute Gasteiger partial charge is 0.480 e. The number of carboxylic acid groups (broad SMARTS) is 1. The van der Waals surface area contributed by atoms with Crippen LogP contribution in [0.4, 0.5) is 0 Å². The van der Waals surface area contributed by atoms with Gasteiger partial charge in [0, 0.05) is 6.42 Å². The molecular weight excluding hydrogens is 316 g/mol. The van der Waals surface area contributed by atoms with Crippen LogP contribution in [0.1, 0.15) is 21.5 Å². The van der Waals surface area contributed by atoms with E-state index in [4.69, 9.17) is 16.9 Å². The molecule has 6 heteroatoms. The van der Waals surface area contributed by atoms with Crippen LogP contribution in [0.25, 0.3) is 0 Å². The van der Waals surface area contributed by atoms with E-state index in [-0.39, 0.29) is 17.0 Å². The van der Waals surface area contributed by atoms with Crippen LogP contribution < -0.4 is 5.32 Å². The van der Waals surface area contributed by atoms with E-state index < -0.39 is 17.9 Å². The van der Waals surface area contributed by atoms with Gasteiger partial charge in [0.1, 0.15) is 6.04 Å². The Labute approximate surface area is 138 Å². The van der Waals surface area contributed by atoms with Gasteiger partial charge in [-0.3, -0.25) is 4.79 Å². The average molecular weight is 329 g/mol. The van der Waals surface area contributed by atoms with Gasteiger partial charge in [-0.1, -0.05) is 35.9 Å². The number of halogens is 1. The number of carbonyl (C=O) groups is 2. The number of carbonyl (C=O) groups excluding carboxylic acids is 1. The van der Waals surface area contributed by atoms with Crippen LogP contribution in [0.3, 0.4) is 0 Å². The zero-order valence-corrected chi connectivity index (χ0v) is 12.7. The molecule has 0 bridgehead atoms. The number of nitrogens with zero attached hydrogens (tertiary/aromatic N) is 1. The summed E-state index contributed by atoms with van der Waals surface area (Å²) in [6.07, 6.45) is 0.108. The number of carboxylic acids is 1. The molecule has 23 heavy (non-hydrogen) atoms. The summed E-state index contributed by atoms with van der Waals surface area (Å²) in [7, 11) is 0. The highest BCUT2D eigenvalue weighted by Crippen LogP contribution is 2.15. The first-order valence-corrected chi connectivity index (χ1v) is 7.16. The van der Waals surface area contributed by atoms with Crippen molar-refractivity contribution in [1.29, 1.82) is 5.26 Å². The monoisotopic (exact) mass is 328 g/mol. The molecule has 116 valence electrons. The molecule has 0 saturated heterocycles. The molecule has 1 amide bonds. The van der Waals surface area contributed by atoms with Gasteiger partial charge in [-0.2, -0.15) is 5.26 Å². The molecule has 2 aromatic rings. The molecule has 0 spiro atoms. The first kappa shape index (κ1) is 16.5. The third kappa shape index (κ3) is 4.31. The van der Waals surface area contributed by atoms with Crippen molar-refractivity contribution in [2.45, 2.75) is 12.5 Å². The van der Waals surface area contributed by atoms with E-state index in [2.05, 4.69) is 5.32 Å². The van der Waals surface area contributed by atoms with Crippen molar-refractivity contribution in [2.24, 2.45) is 0 Å². The maximum atomic E-state index is 12.2. The number of benzene rings is 2. The lowest BCUT2D eigenvalue weighted by Gasteiger charge is -2.15. The second-order valence-corrected chi connectivity index (χ2v) is 5.26. The number of hydrogen-bond acceptors (Lipinski definition) is 3. The molecule has 2 N–H and O–H groups in total. The highest BCUT2D eigenvalue weighted by Gasteiger charge is 2.22. The van der Waals surface area contributed by atoms with Crippen molar-refractivity contribution in [3.63, 3.8) is 0 Å². The van der Waals surface area contributed by atoms with Crippen LogP contribution in [-0.4, -0.2) is 23.0 Å². The SMILES string of the molecule is N#Cc1ccc(C[C@@H](NC(=O)c2ccccc2Cl)C(=O)O)cc1. The van der Waals surface area contributed by atoms with E-state index in [0.717, 1.165) is 0 Å². The first-order chi connectivity index (χ1) is 11.0. The van der Waals surface area contributed by atoms with Gasteiger partial charge in [-0.05, 0) is 29.8 Å². The van der Waals surface area contributed by atoms with E-state index in [9.17, 15) is 14.7 Å². The normalized spacial score (nSPS) is 11.3. The predicted octanol–water partition coefficient (Wildman–Crippen LogP) is 2.64. The van der Waals surface area contributed by atoms with Crippen LogP contribution in [-0.2, 0) is 11.2 Å². The first-order valence-electron chi connectivity index (χ1n) is 6.78. The van der Waals surface area contributed by atoms with Gasteiger partial charge in [0.15, 0.2) is 0 Å². The molecule has 0 aromatic heterocycles. The smallest absolute Gasteiger partial charge is 0.326 e. The highest BCUT2D eigenvalue weighted by molar-refractivity contribution is 6.33. The third-order valence-electron chi connectivity index (χ3n) is 3.24. The van der Waals surface area contributed by atoms with Crippen molar-refractivity contribution in [2.75, 3.05) is 0 Å². The van der Waals surface area contributed by atoms with Gasteiger partial charge in [-0.15, -0.1) is 0 Å². The predicted molar refractivity (Wildman–Crippen MR) is 85.2 cm³/mol. The Hall–Kier alpha value is -2.84. The minimum absolute atomic E-state index is 0.108. The number of amides is 1. The van der Waals surface area contributed by atoms with Gasteiger partial charge in [-0.25, -0.2) is 4.79 Å². The molecule has 0 heterocycles. The summed E-state index contributed by atoms with van der Waals surface area (Å²) < 4.78 is 0. The van der Waals surface area contributed by atoms with E-state index in [1.54, 1.807) is 42.5 Å². The van der Waals surface area contributed by atoms with E-state index >= 15 is 0 Å². The lowest BCUT2D eigenvalue weighted by molar-refractivity contribution is -0.139. The quantitative estimate of drug-likeness (QED) is 0.882. The number of nitrogens with one attached hydrogen (secondary N) is 1. The van der Waals surface area contributed by atoms with E-state index in [0.29, 0.717) is 11.1 Å². The average Bonchev–Trinajstić information content (AvgIpc) is 2.55. The van der Waals surface area contributed by atoms with Gasteiger partial charge in [0.2, 0.25) is 0 Å². The van der Waals surface area contributed by atoms with Gasteiger partial charge >= 0.3 is 5.97 Å². The molecule has 2 aromatic carbocycles. The Kier molecular flexibility index (Phi) is 5.34. The summed E-state index contributed by atoms with van der Waals surface area (Å²) in [6, 6.07) is 13.9. The number of hydrogen-bond donors (Lipinski definition) is 2. The minimum atomic E-state index is -1.14. The van der Waals surface area contributed by atoms with Crippen LogP contribution in [0.2, 0.25) is 5.02 Å². The second-order valence-electron chi connectivity index (χ2n) is 4.86. The Balaban J connectivity index is 2.12. The topological polar surface area (TPSA) is 90.2 Å². The highest BCUT2D eigenvalue weighted by atomic mass is 35.5. The van der Waals surface area contributed by atoms with Crippen molar-refractivity contribution >= 4 is 23.5 Å². The summed E-state index contributed by atoms with van der Waals surface area (Å²) >= 11 is 5.94. The Morgan fingerprint density at radius 2 is 1.83 bits per heavy atom. The lowest BCUT2D eigenvalue weighted by atomic mass is 10.0. The van der Waals surface area contributed by atoms with Crippen LogP contribution >= 0.6 is 11.6 Å². The molecule has 0 saturated carbocycles. The molecule has 1 atom stereocenters. The fourth-order valence-corrected chi connectivity index (χ4v) is 2.25. The molecule has 2 rings (SSSR count). The Morgan fingerprint density at radius 1 is 1.17 bits per heavy atom. The fraction of sp³-hybridized carbons (Fsp3) is 0.118. The Bertz CT molecular complexity index is 766. The number of rotatable bonds is 5. The van der Waals surface area contributed by atoms with Crippen LogP contribution in [0.15, 0.2) is 48.5 Å². The molecular formula is C17H13ClN2O3. The summed E-state index contributed by atoms with van der Waals surface area (Å²) in [5, 5.41) is 20.8. The zero-order chi connectivity index (χ0) is 16.8. The summed E-state index contributed by atoms with van der Waals surface area (Å²) in [4.78, 5) is 23.5. The number of nitriles is 1.